The van der Waals surface area contributed by atoms with Gasteiger partial charge in [0.1, 0.15) is 11.4 Å². The first-order valence-electron chi connectivity index (χ1n) is 7.70. The van der Waals surface area contributed by atoms with E-state index in [1.165, 1.54) is 0 Å². The number of rotatable bonds is 5. The number of carbonyl (C=O) groups is 2. The zero-order chi connectivity index (χ0) is 17.6. The molecule has 2 amide bonds. The minimum atomic E-state index is -0.584. The third-order valence-corrected chi connectivity index (χ3v) is 3.04. The summed E-state index contributed by atoms with van der Waals surface area (Å²) in [6, 6.07) is 10.7. The van der Waals surface area contributed by atoms with Crippen LogP contribution in [0.2, 0.25) is 0 Å². The van der Waals surface area contributed by atoms with E-state index in [0.29, 0.717) is 23.6 Å². The van der Waals surface area contributed by atoms with E-state index in [1.807, 2.05) is 6.07 Å². The zero-order valence-corrected chi connectivity index (χ0v) is 14.1. The summed E-state index contributed by atoms with van der Waals surface area (Å²) in [7, 11) is 0. The molecule has 0 radical (unpaired) electrons. The number of benzene rings is 1. The maximum atomic E-state index is 12.1. The second-order valence-corrected chi connectivity index (χ2v) is 6.32. The molecular formula is C18H22N2O4. The number of anilines is 1. The number of furan rings is 1. The van der Waals surface area contributed by atoms with Gasteiger partial charge in [-0.05, 0) is 44.5 Å². The number of hydrogen-bond acceptors (Lipinski definition) is 4. The van der Waals surface area contributed by atoms with Crippen LogP contribution >= 0.6 is 0 Å². The van der Waals surface area contributed by atoms with Crippen LogP contribution in [0.15, 0.2) is 47.1 Å². The van der Waals surface area contributed by atoms with Crippen LogP contribution in [-0.2, 0) is 22.5 Å². The van der Waals surface area contributed by atoms with Gasteiger partial charge in [-0.2, -0.15) is 0 Å². The molecule has 2 N–H and O–H groups in total. The standard InChI is InChI=1S/C18H22N2O4/c1-18(2,3)24-17(22)20-15-9-5-4-7-13(15)11-16(21)19-12-14-8-6-10-23-14/h4-10H,11-12H2,1-3H3,(H,19,21)(H,20,22). The fourth-order valence-corrected chi connectivity index (χ4v) is 2.04. The van der Waals surface area contributed by atoms with Gasteiger partial charge in [0.2, 0.25) is 5.91 Å². The number of nitrogens with one attached hydrogen (secondary N) is 2. The molecule has 6 nitrogen and oxygen atoms in total. The fraction of sp³-hybridized carbons (Fsp3) is 0.333. The molecule has 0 spiro atoms. The molecule has 0 aliphatic heterocycles. The van der Waals surface area contributed by atoms with Crippen LogP contribution in [0.4, 0.5) is 10.5 Å². The SMILES string of the molecule is CC(C)(C)OC(=O)Nc1ccccc1CC(=O)NCc1ccco1. The van der Waals surface area contributed by atoms with Crippen LogP contribution < -0.4 is 10.6 Å². The van der Waals surface area contributed by atoms with Gasteiger partial charge in [-0.15, -0.1) is 0 Å². The fourth-order valence-electron chi connectivity index (χ4n) is 2.04. The summed E-state index contributed by atoms with van der Waals surface area (Å²) in [5, 5.41) is 5.46. The molecular weight excluding hydrogens is 308 g/mol. The average Bonchev–Trinajstić information content (AvgIpc) is 2.98. The lowest BCUT2D eigenvalue weighted by Crippen LogP contribution is -2.28. The summed E-state index contributed by atoms with van der Waals surface area (Å²) in [5.41, 5.74) is 0.680. The van der Waals surface area contributed by atoms with Crippen molar-refractivity contribution < 1.29 is 18.7 Å². The molecule has 6 heteroatoms. The molecule has 24 heavy (non-hydrogen) atoms. The minimum absolute atomic E-state index is 0.146. The van der Waals surface area contributed by atoms with E-state index in [4.69, 9.17) is 9.15 Å². The van der Waals surface area contributed by atoms with Crippen LogP contribution in [0.1, 0.15) is 32.1 Å². The number of amides is 2. The second-order valence-electron chi connectivity index (χ2n) is 6.32. The molecule has 2 rings (SSSR count). The molecule has 0 saturated heterocycles. The van der Waals surface area contributed by atoms with Crippen LogP contribution in [0.3, 0.4) is 0 Å². The Hall–Kier alpha value is -2.76. The number of hydrogen-bond donors (Lipinski definition) is 2. The Morgan fingerprint density at radius 2 is 1.88 bits per heavy atom. The molecule has 2 aromatic rings. The number of carbonyl (C=O) groups excluding carboxylic acids is 2. The molecule has 1 aromatic heterocycles. The predicted octanol–water partition coefficient (Wildman–Crippen LogP) is 3.49. The van der Waals surface area contributed by atoms with Gasteiger partial charge in [0.25, 0.3) is 0 Å². The Bertz CT molecular complexity index is 687. The van der Waals surface area contributed by atoms with Crippen LogP contribution in [0, 0.1) is 0 Å². The van der Waals surface area contributed by atoms with Crippen molar-refractivity contribution in [3.8, 4) is 0 Å². The summed E-state index contributed by atoms with van der Waals surface area (Å²) in [6.07, 6.45) is 1.15. The first-order valence-corrected chi connectivity index (χ1v) is 7.70. The van der Waals surface area contributed by atoms with Crippen molar-refractivity contribution in [2.75, 3.05) is 5.32 Å². The first kappa shape index (κ1) is 17.6. The summed E-state index contributed by atoms with van der Waals surface area (Å²) in [4.78, 5) is 24.0. The maximum absolute atomic E-state index is 12.1. The van der Waals surface area contributed by atoms with E-state index in [0.717, 1.165) is 0 Å². The highest BCUT2D eigenvalue weighted by molar-refractivity contribution is 5.88. The molecule has 128 valence electrons. The van der Waals surface area contributed by atoms with Gasteiger partial charge in [-0.3, -0.25) is 10.1 Å². The van der Waals surface area contributed by atoms with Gasteiger partial charge in [0.05, 0.1) is 19.2 Å². The predicted molar refractivity (Wildman–Crippen MR) is 90.6 cm³/mol. The van der Waals surface area contributed by atoms with Crippen molar-refractivity contribution in [1.29, 1.82) is 0 Å². The molecule has 0 aliphatic carbocycles. The minimum Gasteiger partial charge on any atom is -0.467 e. The summed E-state index contributed by atoms with van der Waals surface area (Å²) < 4.78 is 10.4. The highest BCUT2D eigenvalue weighted by atomic mass is 16.6. The summed E-state index contributed by atoms with van der Waals surface area (Å²) >= 11 is 0. The number of ether oxygens (including phenoxy) is 1. The van der Waals surface area contributed by atoms with Gasteiger partial charge in [-0.1, -0.05) is 18.2 Å². The van der Waals surface area contributed by atoms with E-state index < -0.39 is 11.7 Å². The Labute approximate surface area is 141 Å². The molecule has 0 atom stereocenters. The molecule has 1 aromatic carbocycles. The average molecular weight is 330 g/mol. The van der Waals surface area contributed by atoms with E-state index in [1.54, 1.807) is 57.4 Å². The first-order chi connectivity index (χ1) is 11.3. The lowest BCUT2D eigenvalue weighted by Gasteiger charge is -2.20. The Morgan fingerprint density at radius 3 is 2.54 bits per heavy atom. The third kappa shape index (κ3) is 5.79. The summed E-state index contributed by atoms with van der Waals surface area (Å²) in [5.74, 6) is 0.522. The molecule has 0 saturated carbocycles. The summed E-state index contributed by atoms with van der Waals surface area (Å²) in [6.45, 7) is 5.70. The largest absolute Gasteiger partial charge is 0.467 e. The molecule has 0 bridgehead atoms. The normalized spacial score (nSPS) is 11.0. The molecule has 0 unspecified atom stereocenters. The third-order valence-electron chi connectivity index (χ3n) is 3.04. The maximum Gasteiger partial charge on any atom is 0.412 e. The quantitative estimate of drug-likeness (QED) is 0.879. The Kier molecular flexibility index (Phi) is 5.63. The smallest absolute Gasteiger partial charge is 0.412 e. The molecule has 0 aliphatic rings. The van der Waals surface area contributed by atoms with E-state index in [2.05, 4.69) is 10.6 Å². The van der Waals surface area contributed by atoms with E-state index in [9.17, 15) is 9.59 Å². The zero-order valence-electron chi connectivity index (χ0n) is 14.1. The Balaban J connectivity index is 1.95. The van der Waals surface area contributed by atoms with Gasteiger partial charge in [0.15, 0.2) is 0 Å². The number of para-hydroxylation sites is 1. The van der Waals surface area contributed by atoms with Crippen molar-refractivity contribution >= 4 is 17.7 Å². The van der Waals surface area contributed by atoms with Gasteiger partial charge in [0, 0.05) is 5.69 Å². The highest BCUT2D eigenvalue weighted by Crippen LogP contribution is 2.17. The Morgan fingerprint density at radius 1 is 1.12 bits per heavy atom. The van der Waals surface area contributed by atoms with Crippen molar-refractivity contribution in [2.24, 2.45) is 0 Å². The lowest BCUT2D eigenvalue weighted by molar-refractivity contribution is -0.120. The van der Waals surface area contributed by atoms with Gasteiger partial charge in [-0.25, -0.2) is 4.79 Å². The van der Waals surface area contributed by atoms with Crippen LogP contribution in [-0.4, -0.2) is 17.6 Å². The monoisotopic (exact) mass is 330 g/mol. The van der Waals surface area contributed by atoms with Crippen molar-refractivity contribution in [3.63, 3.8) is 0 Å². The second kappa shape index (κ2) is 7.68. The topological polar surface area (TPSA) is 80.6 Å². The van der Waals surface area contributed by atoms with Crippen molar-refractivity contribution in [3.05, 3.63) is 54.0 Å². The van der Waals surface area contributed by atoms with E-state index >= 15 is 0 Å². The van der Waals surface area contributed by atoms with E-state index in [-0.39, 0.29) is 12.3 Å². The van der Waals surface area contributed by atoms with Crippen LogP contribution in [0.5, 0.6) is 0 Å². The molecule has 1 heterocycles. The van der Waals surface area contributed by atoms with Crippen LogP contribution in [0.25, 0.3) is 0 Å². The molecule has 0 fully saturated rings. The lowest BCUT2D eigenvalue weighted by atomic mass is 10.1. The van der Waals surface area contributed by atoms with Gasteiger partial charge >= 0.3 is 6.09 Å². The van der Waals surface area contributed by atoms with Crippen molar-refractivity contribution in [2.45, 2.75) is 39.3 Å². The van der Waals surface area contributed by atoms with Gasteiger partial charge < -0.3 is 14.5 Å². The highest BCUT2D eigenvalue weighted by Gasteiger charge is 2.17. The van der Waals surface area contributed by atoms with Crippen molar-refractivity contribution in [1.82, 2.24) is 5.32 Å².